The third kappa shape index (κ3) is 3.04. The van der Waals surface area contributed by atoms with Gasteiger partial charge >= 0.3 is 0 Å². The molecule has 1 amide bonds. The fourth-order valence-electron chi connectivity index (χ4n) is 3.17. The summed E-state index contributed by atoms with van der Waals surface area (Å²) in [4.78, 5) is 12.7. The standard InChI is InChI=1S/C17H23N5O3/c1-9-10(2)15-12(11(3)14(9)23)5-7-17(4,25-15)16(24)18-8-6-13-19-21-22-20-13/h23H,5-8H2,1-4H3,(H,18,24)(H,19,20,21,22)/t17-/m1/s1. The monoisotopic (exact) mass is 345 g/mol. The van der Waals surface area contributed by atoms with Crippen molar-refractivity contribution in [2.45, 2.75) is 52.6 Å². The summed E-state index contributed by atoms with van der Waals surface area (Å²) in [5, 5.41) is 26.7. The lowest BCUT2D eigenvalue weighted by Gasteiger charge is -2.36. The van der Waals surface area contributed by atoms with Gasteiger partial charge in [-0.1, -0.05) is 5.21 Å². The van der Waals surface area contributed by atoms with Crippen LogP contribution < -0.4 is 10.1 Å². The molecule has 0 saturated heterocycles. The van der Waals surface area contributed by atoms with E-state index in [2.05, 4.69) is 25.9 Å². The Morgan fingerprint density at radius 1 is 1.32 bits per heavy atom. The van der Waals surface area contributed by atoms with Gasteiger partial charge in [0.25, 0.3) is 5.91 Å². The maximum Gasteiger partial charge on any atom is 0.263 e. The van der Waals surface area contributed by atoms with E-state index in [1.165, 1.54) is 0 Å². The molecule has 0 fully saturated rings. The molecule has 0 bridgehead atoms. The number of H-pyrrole nitrogens is 1. The topological polar surface area (TPSA) is 113 Å². The van der Waals surface area contributed by atoms with Gasteiger partial charge in [-0.3, -0.25) is 4.79 Å². The number of phenolic OH excluding ortho intramolecular Hbond substituents is 1. The minimum atomic E-state index is -0.940. The molecule has 1 aromatic heterocycles. The van der Waals surface area contributed by atoms with Gasteiger partial charge in [-0.05, 0) is 50.8 Å². The zero-order valence-corrected chi connectivity index (χ0v) is 14.9. The van der Waals surface area contributed by atoms with E-state index in [4.69, 9.17) is 4.74 Å². The molecule has 0 saturated carbocycles. The van der Waals surface area contributed by atoms with Gasteiger partial charge in [0.15, 0.2) is 11.4 Å². The number of amides is 1. The molecule has 0 spiro atoms. The Labute approximate surface area is 146 Å². The van der Waals surface area contributed by atoms with Crippen LogP contribution in [0.2, 0.25) is 0 Å². The van der Waals surface area contributed by atoms with Crippen LogP contribution in [0, 0.1) is 20.8 Å². The summed E-state index contributed by atoms with van der Waals surface area (Å²) in [5.74, 6) is 1.42. The van der Waals surface area contributed by atoms with Crippen molar-refractivity contribution in [3.05, 3.63) is 28.1 Å². The molecule has 1 aliphatic heterocycles. The lowest BCUT2D eigenvalue weighted by atomic mass is 9.86. The normalized spacial score (nSPS) is 19.2. The van der Waals surface area contributed by atoms with Crippen molar-refractivity contribution in [3.63, 3.8) is 0 Å². The van der Waals surface area contributed by atoms with Gasteiger partial charge in [0.2, 0.25) is 0 Å². The third-order valence-corrected chi connectivity index (χ3v) is 5.02. The van der Waals surface area contributed by atoms with E-state index in [0.717, 1.165) is 28.0 Å². The van der Waals surface area contributed by atoms with E-state index >= 15 is 0 Å². The zero-order valence-electron chi connectivity index (χ0n) is 14.9. The number of hydrogen-bond donors (Lipinski definition) is 3. The quantitative estimate of drug-likeness (QED) is 0.769. The van der Waals surface area contributed by atoms with Crippen LogP contribution in [-0.2, 0) is 17.6 Å². The second kappa shape index (κ2) is 6.34. The van der Waals surface area contributed by atoms with E-state index in [1.807, 2.05) is 20.8 Å². The highest BCUT2D eigenvalue weighted by Gasteiger charge is 2.40. The van der Waals surface area contributed by atoms with Crippen LogP contribution in [0.3, 0.4) is 0 Å². The number of phenols is 1. The number of carbonyl (C=O) groups is 1. The van der Waals surface area contributed by atoms with Crippen LogP contribution in [0.4, 0.5) is 0 Å². The fourth-order valence-corrected chi connectivity index (χ4v) is 3.17. The molecule has 3 rings (SSSR count). The Bertz CT molecular complexity index is 803. The lowest BCUT2D eigenvalue weighted by molar-refractivity contribution is -0.136. The Hall–Kier alpha value is -2.64. The molecule has 3 N–H and O–H groups in total. The van der Waals surface area contributed by atoms with E-state index in [0.29, 0.717) is 37.4 Å². The van der Waals surface area contributed by atoms with Crippen LogP contribution in [0.5, 0.6) is 11.5 Å². The van der Waals surface area contributed by atoms with Crippen LogP contribution in [0.1, 0.15) is 41.4 Å². The first-order valence-corrected chi connectivity index (χ1v) is 8.34. The summed E-state index contributed by atoms with van der Waals surface area (Å²) in [6.45, 7) is 7.87. The van der Waals surface area contributed by atoms with Crippen molar-refractivity contribution in [2.24, 2.45) is 0 Å². The minimum Gasteiger partial charge on any atom is -0.507 e. The average molecular weight is 345 g/mol. The maximum absolute atomic E-state index is 12.7. The molecule has 1 atom stereocenters. The van der Waals surface area contributed by atoms with E-state index in [1.54, 1.807) is 6.92 Å². The van der Waals surface area contributed by atoms with E-state index in [9.17, 15) is 9.90 Å². The number of ether oxygens (including phenoxy) is 1. The summed E-state index contributed by atoms with van der Waals surface area (Å²) < 4.78 is 6.14. The number of aromatic hydroxyl groups is 1. The predicted octanol–water partition coefficient (Wildman–Crippen LogP) is 1.27. The van der Waals surface area contributed by atoms with Crippen molar-refractivity contribution >= 4 is 5.91 Å². The van der Waals surface area contributed by atoms with Gasteiger partial charge in [0, 0.05) is 24.9 Å². The van der Waals surface area contributed by atoms with E-state index in [-0.39, 0.29) is 5.91 Å². The number of benzene rings is 1. The Morgan fingerprint density at radius 2 is 2.08 bits per heavy atom. The van der Waals surface area contributed by atoms with E-state index < -0.39 is 5.60 Å². The highest BCUT2D eigenvalue weighted by atomic mass is 16.5. The first-order valence-electron chi connectivity index (χ1n) is 8.34. The number of aromatic amines is 1. The second-order valence-electron chi connectivity index (χ2n) is 6.70. The molecule has 0 unspecified atom stereocenters. The lowest BCUT2D eigenvalue weighted by Crippen LogP contribution is -2.51. The predicted molar refractivity (Wildman–Crippen MR) is 90.6 cm³/mol. The number of nitrogens with one attached hydrogen (secondary N) is 2. The number of rotatable bonds is 4. The molecular weight excluding hydrogens is 322 g/mol. The first-order chi connectivity index (χ1) is 11.8. The minimum absolute atomic E-state index is 0.163. The second-order valence-corrected chi connectivity index (χ2v) is 6.70. The highest BCUT2D eigenvalue weighted by Crippen LogP contribution is 2.43. The first kappa shape index (κ1) is 17.2. The van der Waals surface area contributed by atoms with Crippen molar-refractivity contribution < 1.29 is 14.6 Å². The number of carbonyl (C=O) groups excluding carboxylic acids is 1. The van der Waals surface area contributed by atoms with Crippen LogP contribution in [0.15, 0.2) is 0 Å². The third-order valence-electron chi connectivity index (χ3n) is 5.02. The van der Waals surface area contributed by atoms with Gasteiger partial charge in [-0.25, -0.2) is 0 Å². The Kier molecular flexibility index (Phi) is 4.36. The smallest absolute Gasteiger partial charge is 0.263 e. The van der Waals surface area contributed by atoms with Gasteiger partial charge in [0.1, 0.15) is 11.5 Å². The zero-order chi connectivity index (χ0) is 18.2. The van der Waals surface area contributed by atoms with Crippen molar-refractivity contribution in [1.82, 2.24) is 25.9 Å². The summed E-state index contributed by atoms with van der Waals surface area (Å²) in [6, 6.07) is 0. The van der Waals surface area contributed by atoms with Gasteiger partial charge in [-0.2, -0.15) is 5.21 Å². The Balaban J connectivity index is 1.75. The van der Waals surface area contributed by atoms with Crippen molar-refractivity contribution in [1.29, 1.82) is 0 Å². The summed E-state index contributed by atoms with van der Waals surface area (Å²) in [5.41, 5.74) is 2.54. The molecule has 0 radical (unpaired) electrons. The maximum atomic E-state index is 12.7. The van der Waals surface area contributed by atoms with Crippen LogP contribution in [0.25, 0.3) is 0 Å². The summed E-state index contributed by atoms with van der Waals surface area (Å²) in [6.07, 6.45) is 1.74. The number of aromatic nitrogens is 4. The summed E-state index contributed by atoms with van der Waals surface area (Å²) in [7, 11) is 0. The van der Waals surface area contributed by atoms with Gasteiger partial charge in [0.05, 0.1) is 0 Å². The molecule has 8 heteroatoms. The van der Waals surface area contributed by atoms with Crippen molar-refractivity contribution in [2.75, 3.05) is 6.54 Å². The SMILES string of the molecule is Cc1c(C)c2c(c(C)c1O)CC[C@](C)(C(=O)NCCc1nn[nH]n1)O2. The van der Waals surface area contributed by atoms with Gasteiger partial charge < -0.3 is 15.2 Å². The van der Waals surface area contributed by atoms with Crippen molar-refractivity contribution in [3.8, 4) is 11.5 Å². The van der Waals surface area contributed by atoms with Crippen LogP contribution in [-0.4, -0.2) is 43.8 Å². The number of nitrogens with zero attached hydrogens (tertiary/aromatic N) is 3. The molecule has 2 aromatic rings. The molecule has 8 nitrogen and oxygen atoms in total. The molecule has 1 aromatic carbocycles. The van der Waals surface area contributed by atoms with Crippen LogP contribution >= 0.6 is 0 Å². The number of fused-ring (bicyclic) bond motifs is 1. The largest absolute Gasteiger partial charge is 0.507 e. The van der Waals surface area contributed by atoms with Gasteiger partial charge in [-0.15, -0.1) is 10.2 Å². The molecular formula is C17H23N5O3. The Morgan fingerprint density at radius 3 is 2.76 bits per heavy atom. The highest BCUT2D eigenvalue weighted by molar-refractivity contribution is 5.85. The average Bonchev–Trinajstić information content (AvgIpc) is 3.11. The fraction of sp³-hybridized carbons (Fsp3) is 0.529. The molecule has 1 aliphatic rings. The molecule has 134 valence electrons. The molecule has 25 heavy (non-hydrogen) atoms. The summed E-state index contributed by atoms with van der Waals surface area (Å²) >= 11 is 0. The number of hydrogen-bond acceptors (Lipinski definition) is 6. The number of tetrazole rings is 1. The molecule has 2 heterocycles. The molecule has 0 aliphatic carbocycles.